The molecule has 34 heavy (non-hydrogen) atoms. The number of phenols is 3. The lowest BCUT2D eigenvalue weighted by Crippen LogP contribution is -2.14. The molecule has 0 aliphatic heterocycles. The van der Waals surface area contributed by atoms with E-state index in [0.29, 0.717) is 11.5 Å². The quantitative estimate of drug-likeness (QED) is 0.289. The highest BCUT2D eigenvalue weighted by molar-refractivity contribution is 5.85. The van der Waals surface area contributed by atoms with E-state index in [1.54, 1.807) is 30.3 Å². The normalized spacial score (nSPS) is 10.9. The fourth-order valence-corrected chi connectivity index (χ4v) is 4.05. The Labute approximate surface area is 200 Å². The van der Waals surface area contributed by atoms with Gasteiger partial charge in [-0.1, -0.05) is 12.1 Å². The molecular weight excluding hydrogens is 426 g/mol. The smallest absolute Gasteiger partial charge is 0.151 e. The largest absolute Gasteiger partial charge is 0.508 e. The van der Waals surface area contributed by atoms with Gasteiger partial charge in [-0.05, 0) is 117 Å². The summed E-state index contributed by atoms with van der Waals surface area (Å²) in [6.45, 7) is 9.63. The Morgan fingerprint density at radius 1 is 0.559 bits per heavy atom. The van der Waals surface area contributed by atoms with Crippen LogP contribution in [0.5, 0.6) is 28.7 Å². The van der Waals surface area contributed by atoms with E-state index in [-0.39, 0.29) is 17.2 Å². The second-order valence-corrected chi connectivity index (χ2v) is 8.56. The predicted octanol–water partition coefficient (Wildman–Crippen LogP) is 7.61. The number of anilines is 3. The van der Waals surface area contributed by atoms with Gasteiger partial charge in [0.15, 0.2) is 5.75 Å². The van der Waals surface area contributed by atoms with Crippen molar-refractivity contribution in [2.24, 2.45) is 0 Å². The van der Waals surface area contributed by atoms with E-state index >= 15 is 0 Å². The van der Waals surface area contributed by atoms with Gasteiger partial charge in [-0.3, -0.25) is 0 Å². The van der Waals surface area contributed by atoms with Crippen LogP contribution in [0.15, 0.2) is 66.7 Å². The van der Waals surface area contributed by atoms with Crippen LogP contribution in [0.4, 0.5) is 17.1 Å². The summed E-state index contributed by atoms with van der Waals surface area (Å²) >= 11 is 0. The molecule has 4 aromatic rings. The Morgan fingerprint density at radius 2 is 1.12 bits per heavy atom. The van der Waals surface area contributed by atoms with Gasteiger partial charge in [0.2, 0.25) is 0 Å². The number of phenolic OH excluding ortho intramolecular Hbond substituents is 3. The van der Waals surface area contributed by atoms with Crippen LogP contribution < -0.4 is 9.64 Å². The molecule has 0 atom stereocenters. The van der Waals surface area contributed by atoms with Crippen LogP contribution in [0, 0.1) is 34.6 Å². The highest BCUT2D eigenvalue weighted by Gasteiger charge is 2.23. The average Bonchev–Trinajstić information content (AvgIpc) is 2.81. The SMILES string of the molecule is Cc1cc(O)ccc1Oc1ccccc1N(c1ccc(O)c(C)c1C)c1ccc(O)c(C)c1C. The number of hydrogen-bond donors (Lipinski definition) is 3. The van der Waals surface area contributed by atoms with Crippen molar-refractivity contribution in [3.05, 3.63) is 94.5 Å². The molecule has 0 bridgehead atoms. The lowest BCUT2D eigenvalue weighted by molar-refractivity contribution is 0.462. The highest BCUT2D eigenvalue weighted by atomic mass is 16.5. The predicted molar refractivity (Wildman–Crippen MR) is 136 cm³/mol. The molecule has 0 aromatic heterocycles. The van der Waals surface area contributed by atoms with E-state index in [0.717, 1.165) is 44.9 Å². The fraction of sp³-hybridized carbons (Fsp3) is 0.172. The standard InChI is InChI=1S/C29H29NO4/c1-17-16-22(31)10-15-28(17)34-29-9-7-6-8-25(29)30(23-11-13-26(32)20(4)18(23)2)24-12-14-27(33)21(5)19(24)3/h6-16,31-33H,1-5H3. The van der Waals surface area contributed by atoms with Gasteiger partial charge >= 0.3 is 0 Å². The van der Waals surface area contributed by atoms with E-state index in [2.05, 4.69) is 4.90 Å². The van der Waals surface area contributed by atoms with Crippen molar-refractivity contribution >= 4 is 17.1 Å². The summed E-state index contributed by atoms with van der Waals surface area (Å²) in [6.07, 6.45) is 0. The number of benzene rings is 4. The molecule has 0 heterocycles. The van der Waals surface area contributed by atoms with Crippen molar-refractivity contribution in [1.82, 2.24) is 0 Å². The molecule has 0 saturated carbocycles. The third-order valence-electron chi connectivity index (χ3n) is 6.43. The third-order valence-corrected chi connectivity index (χ3v) is 6.43. The van der Waals surface area contributed by atoms with Crippen LogP contribution in [0.2, 0.25) is 0 Å². The van der Waals surface area contributed by atoms with Crippen molar-refractivity contribution in [2.75, 3.05) is 4.90 Å². The van der Waals surface area contributed by atoms with Gasteiger partial charge in [0.1, 0.15) is 23.0 Å². The number of nitrogens with zero attached hydrogens (tertiary/aromatic N) is 1. The average molecular weight is 456 g/mol. The number of aromatic hydroxyl groups is 3. The molecule has 0 amide bonds. The topological polar surface area (TPSA) is 73.2 Å². The van der Waals surface area contributed by atoms with Crippen molar-refractivity contribution in [3.8, 4) is 28.7 Å². The molecule has 4 rings (SSSR count). The Kier molecular flexibility index (Phi) is 6.12. The Bertz CT molecular complexity index is 1320. The monoisotopic (exact) mass is 455 g/mol. The van der Waals surface area contributed by atoms with Gasteiger partial charge in [0.25, 0.3) is 0 Å². The van der Waals surface area contributed by atoms with Gasteiger partial charge in [0, 0.05) is 11.4 Å². The van der Waals surface area contributed by atoms with Gasteiger partial charge in [-0.25, -0.2) is 0 Å². The molecule has 0 aliphatic rings. The minimum Gasteiger partial charge on any atom is -0.508 e. The molecular formula is C29H29NO4. The second-order valence-electron chi connectivity index (χ2n) is 8.56. The van der Waals surface area contributed by atoms with Crippen LogP contribution in [0.1, 0.15) is 27.8 Å². The van der Waals surface area contributed by atoms with E-state index in [1.807, 2.05) is 71.0 Å². The maximum atomic E-state index is 10.3. The van der Waals surface area contributed by atoms with Crippen LogP contribution in [0.25, 0.3) is 0 Å². The first kappa shape index (κ1) is 23.1. The summed E-state index contributed by atoms with van der Waals surface area (Å²) in [4.78, 5) is 2.09. The van der Waals surface area contributed by atoms with Crippen molar-refractivity contribution in [1.29, 1.82) is 0 Å². The zero-order chi connectivity index (χ0) is 24.6. The summed E-state index contributed by atoms with van der Waals surface area (Å²) in [6, 6.07) is 19.9. The van der Waals surface area contributed by atoms with Crippen LogP contribution in [-0.2, 0) is 0 Å². The Morgan fingerprint density at radius 3 is 1.68 bits per heavy atom. The lowest BCUT2D eigenvalue weighted by Gasteiger charge is -2.31. The van der Waals surface area contributed by atoms with E-state index in [4.69, 9.17) is 4.74 Å². The van der Waals surface area contributed by atoms with Crippen LogP contribution >= 0.6 is 0 Å². The molecule has 5 nitrogen and oxygen atoms in total. The maximum absolute atomic E-state index is 10.3. The third kappa shape index (κ3) is 4.13. The van der Waals surface area contributed by atoms with E-state index in [9.17, 15) is 15.3 Å². The molecule has 0 fully saturated rings. The maximum Gasteiger partial charge on any atom is 0.151 e. The molecule has 4 aromatic carbocycles. The van der Waals surface area contributed by atoms with Crippen LogP contribution in [0.3, 0.4) is 0 Å². The van der Waals surface area contributed by atoms with Gasteiger partial charge in [0.05, 0.1) is 5.69 Å². The van der Waals surface area contributed by atoms with E-state index in [1.165, 1.54) is 0 Å². The summed E-state index contributed by atoms with van der Waals surface area (Å²) in [5.74, 6) is 1.94. The number of ether oxygens (including phenoxy) is 1. The van der Waals surface area contributed by atoms with Crippen molar-refractivity contribution < 1.29 is 20.1 Å². The lowest BCUT2D eigenvalue weighted by atomic mass is 10.0. The molecule has 174 valence electrons. The molecule has 3 N–H and O–H groups in total. The molecule has 0 aliphatic carbocycles. The summed E-state index contributed by atoms with van der Waals surface area (Å²) in [7, 11) is 0. The summed E-state index contributed by atoms with van der Waals surface area (Å²) in [5.41, 5.74) is 6.85. The fourth-order valence-electron chi connectivity index (χ4n) is 4.05. The molecule has 0 radical (unpaired) electrons. The summed E-state index contributed by atoms with van der Waals surface area (Å²) < 4.78 is 6.36. The zero-order valence-corrected chi connectivity index (χ0v) is 20.0. The van der Waals surface area contributed by atoms with Gasteiger partial charge in [-0.15, -0.1) is 0 Å². The zero-order valence-electron chi connectivity index (χ0n) is 20.0. The van der Waals surface area contributed by atoms with Gasteiger partial charge < -0.3 is 25.0 Å². The molecule has 5 heteroatoms. The first-order chi connectivity index (χ1) is 16.2. The number of hydrogen-bond acceptors (Lipinski definition) is 5. The number of rotatable bonds is 5. The molecule has 0 unspecified atom stereocenters. The van der Waals surface area contributed by atoms with Crippen molar-refractivity contribution in [3.63, 3.8) is 0 Å². The Balaban J connectivity index is 1.96. The summed E-state index contributed by atoms with van der Waals surface area (Å²) in [5, 5.41) is 30.4. The minimum absolute atomic E-state index is 0.185. The van der Waals surface area contributed by atoms with Crippen LogP contribution in [-0.4, -0.2) is 15.3 Å². The second kappa shape index (κ2) is 9.02. The van der Waals surface area contributed by atoms with Gasteiger partial charge in [-0.2, -0.15) is 0 Å². The molecule has 0 saturated heterocycles. The first-order valence-corrected chi connectivity index (χ1v) is 11.1. The van der Waals surface area contributed by atoms with Crippen molar-refractivity contribution in [2.45, 2.75) is 34.6 Å². The first-order valence-electron chi connectivity index (χ1n) is 11.1. The molecule has 0 spiro atoms. The highest BCUT2D eigenvalue weighted by Crippen LogP contribution is 2.46. The Hall–Kier alpha value is -4.12. The number of aryl methyl sites for hydroxylation is 1. The number of para-hydroxylation sites is 2. The minimum atomic E-state index is 0.185. The van der Waals surface area contributed by atoms with E-state index < -0.39 is 0 Å².